The summed E-state index contributed by atoms with van der Waals surface area (Å²) in [6, 6.07) is 0. The van der Waals surface area contributed by atoms with Crippen molar-refractivity contribution in [2.45, 2.75) is 69.9 Å². The summed E-state index contributed by atoms with van der Waals surface area (Å²) < 4.78 is 43.3. The number of nitrogens with one attached hydrogen (secondary N) is 2. The standard InChI is InChI=1S/C18H29N3O8SSi/c1-10-9-21(16(24)20-13(10)22)14-12(28-31(6,7)17(2,3)4)18(29-30(5,25)26)11(27-14)8-19-15(18)23/h9,11-12,14H,8H2,1-7H3,(H,19,23)(H,20,22,24)/t11-,12+,14-,18-/m1/s1. The number of carbonyl (C=O) groups excluding carboxylic acids is 1. The largest absolute Gasteiger partial charge is 0.406 e. The molecule has 13 heteroatoms. The summed E-state index contributed by atoms with van der Waals surface area (Å²) in [7, 11) is -6.73. The number of amides is 1. The van der Waals surface area contributed by atoms with Crippen molar-refractivity contribution in [1.82, 2.24) is 14.9 Å². The molecule has 174 valence electrons. The number of nitrogens with zero attached hydrogens (tertiary/aromatic N) is 1. The van der Waals surface area contributed by atoms with Crippen LogP contribution in [-0.4, -0.2) is 62.8 Å². The van der Waals surface area contributed by atoms with Crippen molar-refractivity contribution in [3.63, 3.8) is 0 Å². The van der Waals surface area contributed by atoms with Crippen molar-refractivity contribution in [3.8, 4) is 0 Å². The second-order valence-electron chi connectivity index (χ2n) is 9.58. The van der Waals surface area contributed by atoms with Gasteiger partial charge in [-0.05, 0) is 25.1 Å². The van der Waals surface area contributed by atoms with Crippen LogP contribution in [0.4, 0.5) is 0 Å². The fourth-order valence-corrected chi connectivity index (χ4v) is 5.61. The van der Waals surface area contributed by atoms with Crippen LogP contribution in [0.3, 0.4) is 0 Å². The Labute approximate surface area is 181 Å². The van der Waals surface area contributed by atoms with E-state index in [9.17, 15) is 22.8 Å². The van der Waals surface area contributed by atoms with Crippen molar-refractivity contribution in [2.24, 2.45) is 0 Å². The average molecular weight is 476 g/mol. The number of H-pyrrole nitrogens is 1. The van der Waals surface area contributed by atoms with Gasteiger partial charge < -0.3 is 14.5 Å². The zero-order valence-corrected chi connectivity index (χ0v) is 20.5. The molecule has 0 unspecified atom stereocenters. The molecule has 2 aliphatic rings. The number of fused-ring (bicyclic) bond motifs is 1. The smallest absolute Gasteiger partial charge is 0.330 e. The van der Waals surface area contributed by atoms with Gasteiger partial charge in [-0.1, -0.05) is 20.8 Å². The second-order valence-corrected chi connectivity index (χ2v) is 15.9. The third-order valence-corrected chi connectivity index (χ3v) is 11.2. The maximum Gasteiger partial charge on any atom is 0.330 e. The highest BCUT2D eigenvalue weighted by Crippen LogP contribution is 2.48. The Morgan fingerprint density at radius 3 is 2.42 bits per heavy atom. The van der Waals surface area contributed by atoms with Crippen molar-refractivity contribution < 1.29 is 26.6 Å². The molecule has 0 bridgehead atoms. The summed E-state index contributed by atoms with van der Waals surface area (Å²) in [4.78, 5) is 39.6. The van der Waals surface area contributed by atoms with Crippen molar-refractivity contribution in [3.05, 3.63) is 32.6 Å². The summed E-state index contributed by atoms with van der Waals surface area (Å²) in [5.41, 5.74) is -3.08. The van der Waals surface area contributed by atoms with Gasteiger partial charge in [-0.15, -0.1) is 0 Å². The molecule has 0 radical (unpaired) electrons. The minimum Gasteiger partial charge on any atom is -0.406 e. The topological polar surface area (TPSA) is 146 Å². The Bertz CT molecular complexity index is 1120. The number of hydrogen-bond acceptors (Lipinski definition) is 8. The predicted octanol–water partition coefficient (Wildman–Crippen LogP) is -0.0224. The van der Waals surface area contributed by atoms with Gasteiger partial charge in [0, 0.05) is 18.3 Å². The van der Waals surface area contributed by atoms with Gasteiger partial charge in [-0.2, -0.15) is 8.42 Å². The zero-order valence-electron chi connectivity index (χ0n) is 18.6. The van der Waals surface area contributed by atoms with Gasteiger partial charge in [-0.25, -0.2) is 8.98 Å². The van der Waals surface area contributed by atoms with E-state index < -0.39 is 59.6 Å². The first-order chi connectivity index (χ1) is 14.0. The Hall–Kier alpha value is -1.80. The third kappa shape index (κ3) is 4.04. The molecule has 0 saturated carbocycles. The summed E-state index contributed by atoms with van der Waals surface area (Å²) in [5.74, 6) is -0.691. The van der Waals surface area contributed by atoms with Crippen molar-refractivity contribution in [1.29, 1.82) is 0 Å². The number of aromatic amines is 1. The number of aromatic nitrogens is 2. The molecule has 3 heterocycles. The lowest BCUT2D eigenvalue weighted by Gasteiger charge is -2.42. The lowest BCUT2D eigenvalue weighted by atomic mass is 9.94. The van der Waals surface area contributed by atoms with Crippen LogP contribution in [0.15, 0.2) is 15.8 Å². The number of rotatable bonds is 5. The van der Waals surface area contributed by atoms with E-state index in [1.165, 1.54) is 13.1 Å². The minimum absolute atomic E-state index is 0.0146. The first kappa shape index (κ1) is 23.9. The molecular weight excluding hydrogens is 446 g/mol. The lowest BCUT2D eigenvalue weighted by molar-refractivity contribution is -0.140. The SMILES string of the molecule is Cc1cn([C@@H]2O[C@@H]3CNC(=O)[C@]3(OS(C)(=O)=O)[C@H]2O[Si](C)(C)C(C)(C)C)c(=O)[nH]c1=O. The Morgan fingerprint density at radius 2 is 1.87 bits per heavy atom. The van der Waals surface area contributed by atoms with E-state index in [1.807, 2.05) is 33.9 Å². The maximum absolute atomic E-state index is 13.0. The number of ether oxygens (including phenoxy) is 1. The number of hydrogen-bond donors (Lipinski definition) is 2. The van der Waals surface area contributed by atoms with Crippen LogP contribution in [0.2, 0.25) is 18.1 Å². The molecule has 2 aliphatic heterocycles. The van der Waals surface area contributed by atoms with Crippen LogP contribution in [0.1, 0.15) is 32.6 Å². The number of aryl methyl sites for hydroxylation is 1. The van der Waals surface area contributed by atoms with Crippen LogP contribution in [0, 0.1) is 6.92 Å². The molecule has 31 heavy (non-hydrogen) atoms. The van der Waals surface area contributed by atoms with Gasteiger partial charge in [0.05, 0.1) is 6.26 Å². The van der Waals surface area contributed by atoms with Crippen LogP contribution >= 0.6 is 0 Å². The minimum atomic E-state index is -4.11. The van der Waals surface area contributed by atoms with E-state index in [2.05, 4.69) is 10.3 Å². The van der Waals surface area contributed by atoms with Crippen LogP contribution in [-0.2, 0) is 28.3 Å². The summed E-state index contributed by atoms with van der Waals surface area (Å²) in [6.45, 7) is 11.3. The highest BCUT2D eigenvalue weighted by Gasteiger charge is 2.69. The molecule has 1 amide bonds. The van der Waals surface area contributed by atoms with Crippen molar-refractivity contribution >= 4 is 24.3 Å². The first-order valence-corrected chi connectivity index (χ1v) is 14.6. The fraction of sp³-hybridized carbons (Fsp3) is 0.722. The number of carbonyl (C=O) groups is 1. The molecule has 1 aromatic heterocycles. The van der Waals surface area contributed by atoms with Crippen LogP contribution in [0.25, 0.3) is 0 Å². The van der Waals surface area contributed by atoms with Crippen molar-refractivity contribution in [2.75, 3.05) is 12.8 Å². The van der Waals surface area contributed by atoms with Gasteiger partial charge in [0.1, 0.15) is 12.2 Å². The molecule has 2 fully saturated rings. The average Bonchev–Trinajstić information content (AvgIpc) is 3.03. The summed E-state index contributed by atoms with van der Waals surface area (Å²) in [5, 5.41) is 2.28. The maximum atomic E-state index is 13.0. The Morgan fingerprint density at radius 1 is 1.26 bits per heavy atom. The third-order valence-electron chi connectivity index (χ3n) is 6.20. The molecule has 1 aromatic rings. The molecule has 3 rings (SSSR count). The quantitative estimate of drug-likeness (QED) is 0.446. The lowest BCUT2D eigenvalue weighted by Crippen LogP contribution is -2.60. The molecule has 0 spiro atoms. The monoisotopic (exact) mass is 475 g/mol. The molecule has 0 aliphatic carbocycles. The molecular formula is C18H29N3O8SSi. The molecule has 0 aromatic carbocycles. The van der Waals surface area contributed by atoms with Gasteiger partial charge >= 0.3 is 5.69 Å². The first-order valence-electron chi connectivity index (χ1n) is 9.84. The van der Waals surface area contributed by atoms with Crippen LogP contribution in [0.5, 0.6) is 0 Å². The Kier molecular flexibility index (Phi) is 5.67. The van der Waals surface area contributed by atoms with Gasteiger partial charge in [-0.3, -0.25) is 19.1 Å². The van der Waals surface area contributed by atoms with E-state index in [0.29, 0.717) is 0 Å². The Balaban J connectivity index is 2.23. The normalized spacial score (nSPS) is 29.1. The molecule has 4 atom stereocenters. The van der Waals surface area contributed by atoms with Gasteiger partial charge in [0.15, 0.2) is 14.5 Å². The van der Waals surface area contributed by atoms with E-state index in [0.717, 1.165) is 10.8 Å². The highest BCUT2D eigenvalue weighted by atomic mass is 32.2. The van der Waals surface area contributed by atoms with E-state index in [4.69, 9.17) is 13.3 Å². The van der Waals surface area contributed by atoms with Gasteiger partial charge in [0.25, 0.3) is 21.6 Å². The van der Waals surface area contributed by atoms with E-state index in [1.54, 1.807) is 0 Å². The highest BCUT2D eigenvalue weighted by molar-refractivity contribution is 7.86. The van der Waals surface area contributed by atoms with E-state index in [-0.39, 0.29) is 17.1 Å². The molecule has 2 N–H and O–H groups in total. The molecule has 2 saturated heterocycles. The van der Waals surface area contributed by atoms with E-state index >= 15 is 0 Å². The summed E-state index contributed by atoms with van der Waals surface area (Å²) >= 11 is 0. The zero-order chi connectivity index (χ0) is 23.6. The molecule has 11 nitrogen and oxygen atoms in total. The summed E-state index contributed by atoms with van der Waals surface area (Å²) in [6.07, 6.45) is -1.31. The van der Waals surface area contributed by atoms with Crippen LogP contribution < -0.4 is 16.6 Å². The van der Waals surface area contributed by atoms with Gasteiger partial charge in [0.2, 0.25) is 5.60 Å². The predicted molar refractivity (Wildman–Crippen MR) is 114 cm³/mol. The fourth-order valence-electron chi connectivity index (χ4n) is 3.55. The second kappa shape index (κ2) is 7.37.